The molecule has 0 amide bonds. The van der Waals surface area contributed by atoms with Crippen molar-refractivity contribution in [2.24, 2.45) is 0 Å². The molecule has 0 saturated carbocycles. The van der Waals surface area contributed by atoms with Gasteiger partial charge in [0.2, 0.25) is 0 Å². The van der Waals surface area contributed by atoms with Gasteiger partial charge in [-0.2, -0.15) is 0 Å². The topological polar surface area (TPSA) is 0 Å². The van der Waals surface area contributed by atoms with Gasteiger partial charge in [-0.05, 0) is 15.5 Å². The predicted octanol–water partition coefficient (Wildman–Crippen LogP) is 7.58. The summed E-state index contributed by atoms with van der Waals surface area (Å²) in [6.07, 6.45) is 3.64. The molecule has 0 heterocycles. The van der Waals surface area contributed by atoms with E-state index in [4.69, 9.17) is 0 Å². The van der Waals surface area contributed by atoms with Gasteiger partial charge in [0.1, 0.15) is 0 Å². The number of halogens is 1. The first-order valence-corrected chi connectivity index (χ1v) is 9.95. The van der Waals surface area contributed by atoms with E-state index >= 15 is 0 Å². The monoisotopic (exact) mass is 414 g/mol. The zero-order chi connectivity index (χ0) is 16.5. The molecule has 0 spiro atoms. The molecule has 0 radical (unpaired) electrons. The molecule has 128 valence electrons. The summed E-state index contributed by atoms with van der Waals surface area (Å²) in [4.78, 5) is 0. The van der Waals surface area contributed by atoms with Gasteiger partial charge < -0.3 is 0 Å². The normalized spacial score (nSPS) is 12.1. The van der Waals surface area contributed by atoms with Crippen LogP contribution in [0.2, 0.25) is 0 Å². The predicted molar refractivity (Wildman–Crippen MR) is 98.9 cm³/mol. The van der Waals surface area contributed by atoms with Gasteiger partial charge >= 0.3 is 27.7 Å². The minimum absolute atomic E-state index is 0. The summed E-state index contributed by atoms with van der Waals surface area (Å²) in [5, 5.41) is 1.35. The molecular formula is C17H38ClPPd. The van der Waals surface area contributed by atoms with Crippen LogP contribution in [0.25, 0.3) is 0 Å². The molecule has 0 aliphatic heterocycles. The Morgan fingerprint density at radius 1 is 0.800 bits per heavy atom. The second-order valence-corrected chi connectivity index (χ2v) is 12.1. The van der Waals surface area contributed by atoms with Crippen molar-refractivity contribution in [3.8, 4) is 0 Å². The van der Waals surface area contributed by atoms with Gasteiger partial charge in [-0.25, -0.2) is 19.1 Å². The number of hydrogen-bond donors (Lipinski definition) is 0. The van der Waals surface area contributed by atoms with E-state index in [0.717, 1.165) is 0 Å². The third kappa shape index (κ3) is 15.4. The molecule has 0 bridgehead atoms. The van der Waals surface area contributed by atoms with Crippen molar-refractivity contribution < 1.29 is 18.2 Å². The van der Waals surface area contributed by atoms with Gasteiger partial charge in [-0.15, -0.1) is 6.92 Å². The van der Waals surface area contributed by atoms with E-state index in [9.17, 15) is 0 Å². The molecule has 0 rings (SSSR count). The summed E-state index contributed by atoms with van der Waals surface area (Å²) >= 11 is 2.22. The zero-order valence-corrected chi connectivity index (χ0v) is 17.7. The number of rotatable bonds is 0. The standard InChI is InChI=1S/C12H27P.C4H7.CH4.ClH.Pd/c1-10(2,3)13(11(4,5)6)12(7,8)9;1-3-4-2;;;/h1-9H3;3-4H,1H2,2H3;1H4;1H;/q;-1;;;+2/p-1/b;4-3+;;;. The maximum atomic E-state index is 4.49. The van der Waals surface area contributed by atoms with Gasteiger partial charge in [-0.1, -0.05) is 77.7 Å². The van der Waals surface area contributed by atoms with Gasteiger partial charge in [0, 0.05) is 0 Å². The third-order valence-corrected chi connectivity index (χ3v) is 6.27. The minimum atomic E-state index is 0. The summed E-state index contributed by atoms with van der Waals surface area (Å²) in [5.41, 5.74) is 0. The first-order chi connectivity index (χ1) is 8.28. The molecule has 0 saturated heterocycles. The summed E-state index contributed by atoms with van der Waals surface area (Å²) in [5.74, 6) is 0. The van der Waals surface area contributed by atoms with Crippen LogP contribution < -0.4 is 0 Å². The average molecular weight is 415 g/mol. The van der Waals surface area contributed by atoms with Gasteiger partial charge in [0.05, 0.1) is 0 Å². The second-order valence-electron chi connectivity index (χ2n) is 7.42. The fourth-order valence-corrected chi connectivity index (χ4v) is 9.06. The Morgan fingerprint density at radius 3 is 0.950 bits per heavy atom. The average Bonchev–Trinajstić information content (AvgIpc) is 2.14. The quantitative estimate of drug-likeness (QED) is 0.217. The summed E-state index contributed by atoms with van der Waals surface area (Å²) in [6.45, 7) is 26.8. The van der Waals surface area contributed by atoms with Crippen molar-refractivity contribution in [2.75, 3.05) is 0 Å². The Bertz CT molecular complexity index is 192. The zero-order valence-electron chi connectivity index (χ0n) is 14.5. The SMILES string of the molecule is C.CC(C)(C)P(C(C)(C)C)C(C)(C)C.[CH2-]/C=C/C.[Cl][Pd+]. The van der Waals surface area contributed by atoms with Gasteiger partial charge in [0.15, 0.2) is 0 Å². The fraction of sp³-hybridized carbons (Fsp3) is 0.824. The summed E-state index contributed by atoms with van der Waals surface area (Å²) in [7, 11) is 4.51. The van der Waals surface area contributed by atoms with E-state index in [1.807, 2.05) is 13.0 Å². The molecule has 0 N–H and O–H groups in total. The molecule has 0 unspecified atom stereocenters. The van der Waals surface area contributed by atoms with E-state index in [1.54, 1.807) is 6.08 Å². The molecule has 0 aliphatic carbocycles. The van der Waals surface area contributed by atoms with E-state index in [-0.39, 0.29) is 15.3 Å². The van der Waals surface area contributed by atoms with Gasteiger partial charge in [-0.3, -0.25) is 0 Å². The van der Waals surface area contributed by atoms with Crippen molar-refractivity contribution in [3.05, 3.63) is 19.1 Å². The van der Waals surface area contributed by atoms with Crippen molar-refractivity contribution in [2.45, 2.75) is 92.1 Å². The first kappa shape index (κ1) is 29.1. The summed E-state index contributed by atoms with van der Waals surface area (Å²) in [6, 6.07) is 0. The molecule has 0 aromatic rings. The molecule has 20 heavy (non-hydrogen) atoms. The molecule has 0 aromatic heterocycles. The Balaban J connectivity index is -0.000000157. The Kier molecular flexibility index (Phi) is 18.2. The molecule has 3 heteroatoms. The molecule has 0 atom stereocenters. The van der Waals surface area contributed by atoms with Crippen LogP contribution in [-0.2, 0) is 18.2 Å². The van der Waals surface area contributed by atoms with Crippen molar-refractivity contribution in [3.63, 3.8) is 0 Å². The molecule has 0 fully saturated rings. The van der Waals surface area contributed by atoms with Crippen LogP contribution in [0, 0.1) is 6.92 Å². The van der Waals surface area contributed by atoms with Crippen LogP contribution in [0.4, 0.5) is 0 Å². The van der Waals surface area contributed by atoms with Gasteiger partial charge in [0.25, 0.3) is 0 Å². The number of hydrogen-bond acceptors (Lipinski definition) is 0. The van der Waals surface area contributed by atoms with Crippen molar-refractivity contribution in [1.29, 1.82) is 0 Å². The van der Waals surface area contributed by atoms with Crippen LogP contribution in [0.5, 0.6) is 0 Å². The molecule has 0 aromatic carbocycles. The van der Waals surface area contributed by atoms with E-state index in [1.165, 1.54) is 0 Å². The molecule has 0 nitrogen and oxygen atoms in total. The summed E-state index contributed by atoms with van der Waals surface area (Å²) < 4.78 is 0. The fourth-order valence-electron chi connectivity index (χ4n) is 3.02. The van der Waals surface area contributed by atoms with Crippen LogP contribution >= 0.6 is 17.5 Å². The van der Waals surface area contributed by atoms with Crippen LogP contribution in [-0.4, -0.2) is 15.5 Å². The van der Waals surface area contributed by atoms with Crippen molar-refractivity contribution in [1.82, 2.24) is 0 Å². The third-order valence-electron chi connectivity index (χ3n) is 2.25. The Labute approximate surface area is 146 Å². The molecular weight excluding hydrogens is 377 g/mol. The van der Waals surface area contributed by atoms with Crippen LogP contribution in [0.15, 0.2) is 12.2 Å². The van der Waals surface area contributed by atoms with Crippen LogP contribution in [0.3, 0.4) is 0 Å². The van der Waals surface area contributed by atoms with Crippen LogP contribution in [0.1, 0.15) is 76.7 Å². The van der Waals surface area contributed by atoms with E-state index in [0.29, 0.717) is 15.5 Å². The Hall–Kier alpha value is 0.992. The first-order valence-electron chi connectivity index (χ1n) is 6.61. The van der Waals surface area contributed by atoms with E-state index in [2.05, 4.69) is 96.9 Å². The van der Waals surface area contributed by atoms with Crippen molar-refractivity contribution >= 4 is 17.5 Å². The molecule has 0 aliphatic rings. The number of allylic oxidation sites excluding steroid dienone is 2. The van der Waals surface area contributed by atoms with E-state index < -0.39 is 0 Å². The maximum absolute atomic E-state index is 4.49. The second kappa shape index (κ2) is 12.5. The Morgan fingerprint density at radius 2 is 0.950 bits per heavy atom.